The van der Waals surface area contributed by atoms with Gasteiger partial charge < -0.3 is 0 Å². The molecule has 0 saturated heterocycles. The summed E-state index contributed by atoms with van der Waals surface area (Å²) in [5.41, 5.74) is 1.75. The molecule has 3 nitrogen and oxygen atoms in total. The first-order chi connectivity index (χ1) is 8.78. The van der Waals surface area contributed by atoms with Gasteiger partial charge in [0.15, 0.2) is 6.29 Å². The number of benzene rings is 1. The minimum atomic E-state index is 0.701. The fraction of sp³-hybridized carbons (Fsp3) is 0. The van der Waals surface area contributed by atoms with Gasteiger partial charge in [-0.3, -0.25) is 4.79 Å². The van der Waals surface area contributed by atoms with Crippen LogP contribution in [-0.2, 0) is 0 Å². The van der Waals surface area contributed by atoms with E-state index in [1.54, 1.807) is 12.4 Å². The number of hydrogen-bond donors (Lipinski definition) is 0. The van der Waals surface area contributed by atoms with Crippen LogP contribution in [0.5, 0.6) is 0 Å². The summed E-state index contributed by atoms with van der Waals surface area (Å²) >= 11 is 4.88. The first kappa shape index (κ1) is 11.5. The molecular weight excluding hydrogens is 312 g/mol. The van der Waals surface area contributed by atoms with E-state index >= 15 is 0 Å². The predicted molar refractivity (Wildman–Crippen MR) is 75.9 cm³/mol. The number of thiophene rings is 1. The van der Waals surface area contributed by atoms with Crippen molar-refractivity contribution in [2.75, 3.05) is 0 Å². The lowest BCUT2D eigenvalue weighted by Gasteiger charge is -2.03. The molecule has 0 N–H and O–H groups in total. The highest BCUT2D eigenvalue weighted by Crippen LogP contribution is 2.31. The molecule has 0 saturated carbocycles. The molecule has 0 radical (unpaired) electrons. The van der Waals surface area contributed by atoms with Crippen molar-refractivity contribution in [3.63, 3.8) is 0 Å². The fourth-order valence-corrected chi connectivity index (χ4v) is 2.96. The Bertz CT molecular complexity index is 739. The van der Waals surface area contributed by atoms with Crippen molar-refractivity contribution in [2.45, 2.75) is 0 Å². The van der Waals surface area contributed by atoms with Crippen LogP contribution in [-0.4, -0.2) is 16.3 Å². The van der Waals surface area contributed by atoms with Crippen LogP contribution in [0.2, 0.25) is 0 Å². The SMILES string of the molecule is O=Cc1ccc(-c2ncnc3ccc(Br)cc23)s1. The molecule has 0 bridgehead atoms. The number of fused-ring (bicyclic) bond motifs is 1. The smallest absolute Gasteiger partial charge is 0.160 e. The monoisotopic (exact) mass is 318 g/mol. The second kappa shape index (κ2) is 4.59. The van der Waals surface area contributed by atoms with E-state index in [1.807, 2.05) is 24.3 Å². The van der Waals surface area contributed by atoms with E-state index in [-0.39, 0.29) is 0 Å². The van der Waals surface area contributed by atoms with Crippen LogP contribution in [0.1, 0.15) is 9.67 Å². The zero-order valence-electron chi connectivity index (χ0n) is 9.13. The number of aldehydes is 1. The highest BCUT2D eigenvalue weighted by molar-refractivity contribution is 9.10. The van der Waals surface area contributed by atoms with Gasteiger partial charge in [0, 0.05) is 9.86 Å². The number of rotatable bonds is 2. The van der Waals surface area contributed by atoms with E-state index in [4.69, 9.17) is 0 Å². The highest BCUT2D eigenvalue weighted by Gasteiger charge is 2.09. The largest absolute Gasteiger partial charge is 0.297 e. The Labute approximate surface area is 116 Å². The van der Waals surface area contributed by atoms with E-state index in [2.05, 4.69) is 25.9 Å². The van der Waals surface area contributed by atoms with Crippen molar-refractivity contribution >= 4 is 44.5 Å². The number of carbonyl (C=O) groups excluding carboxylic acids is 1. The van der Waals surface area contributed by atoms with Gasteiger partial charge in [0.25, 0.3) is 0 Å². The van der Waals surface area contributed by atoms with Crippen LogP contribution in [0.15, 0.2) is 41.1 Å². The number of hydrogen-bond acceptors (Lipinski definition) is 4. The van der Waals surface area contributed by atoms with Gasteiger partial charge in [0.1, 0.15) is 6.33 Å². The molecule has 18 heavy (non-hydrogen) atoms. The average molecular weight is 319 g/mol. The van der Waals surface area contributed by atoms with Gasteiger partial charge in [-0.2, -0.15) is 0 Å². The Morgan fingerprint density at radius 3 is 2.83 bits per heavy atom. The van der Waals surface area contributed by atoms with Crippen molar-refractivity contribution in [3.05, 3.63) is 46.0 Å². The van der Waals surface area contributed by atoms with Crippen LogP contribution >= 0.6 is 27.3 Å². The zero-order chi connectivity index (χ0) is 12.5. The number of nitrogens with zero attached hydrogens (tertiary/aromatic N) is 2. The standard InChI is InChI=1S/C13H7BrN2OS/c14-8-1-3-11-10(5-8)13(16-7-15-11)12-4-2-9(6-17)18-12/h1-7H. The maximum Gasteiger partial charge on any atom is 0.160 e. The maximum absolute atomic E-state index is 10.7. The highest BCUT2D eigenvalue weighted by atomic mass is 79.9. The Morgan fingerprint density at radius 2 is 2.06 bits per heavy atom. The summed E-state index contributed by atoms with van der Waals surface area (Å²) in [7, 11) is 0. The lowest BCUT2D eigenvalue weighted by molar-refractivity contribution is 0.112. The lowest BCUT2D eigenvalue weighted by atomic mass is 10.1. The van der Waals surface area contributed by atoms with Crippen LogP contribution in [0.3, 0.4) is 0 Å². The second-order valence-electron chi connectivity index (χ2n) is 3.70. The van der Waals surface area contributed by atoms with Gasteiger partial charge >= 0.3 is 0 Å². The number of aromatic nitrogens is 2. The first-order valence-electron chi connectivity index (χ1n) is 5.23. The first-order valence-corrected chi connectivity index (χ1v) is 6.84. The Morgan fingerprint density at radius 1 is 1.17 bits per heavy atom. The molecule has 2 aromatic heterocycles. The molecule has 0 amide bonds. The molecule has 5 heteroatoms. The fourth-order valence-electron chi connectivity index (χ4n) is 1.77. The molecule has 0 unspecified atom stereocenters. The van der Waals surface area contributed by atoms with Gasteiger partial charge in [0.2, 0.25) is 0 Å². The average Bonchev–Trinajstić information content (AvgIpc) is 2.86. The summed E-state index contributed by atoms with van der Waals surface area (Å²) in [6.07, 6.45) is 2.40. The van der Waals surface area contributed by atoms with Crippen LogP contribution in [0.25, 0.3) is 21.5 Å². The molecule has 2 heterocycles. The quantitative estimate of drug-likeness (QED) is 0.672. The lowest BCUT2D eigenvalue weighted by Crippen LogP contribution is -1.86. The van der Waals surface area contributed by atoms with Crippen molar-refractivity contribution < 1.29 is 4.79 Å². The summed E-state index contributed by atoms with van der Waals surface area (Å²) < 4.78 is 0.984. The van der Waals surface area contributed by atoms with Gasteiger partial charge in [-0.1, -0.05) is 15.9 Å². The van der Waals surface area contributed by atoms with E-state index < -0.39 is 0 Å². The van der Waals surface area contributed by atoms with Gasteiger partial charge in [-0.15, -0.1) is 11.3 Å². The molecule has 88 valence electrons. The summed E-state index contributed by atoms with van der Waals surface area (Å²) in [4.78, 5) is 21.0. The van der Waals surface area contributed by atoms with Gasteiger partial charge in [-0.25, -0.2) is 9.97 Å². The normalized spacial score (nSPS) is 10.7. The maximum atomic E-state index is 10.7. The molecule has 1 aromatic carbocycles. The van der Waals surface area contributed by atoms with Crippen LogP contribution in [0.4, 0.5) is 0 Å². The predicted octanol–water partition coefficient (Wildman–Crippen LogP) is 3.93. The summed E-state index contributed by atoms with van der Waals surface area (Å²) in [5.74, 6) is 0. The molecule has 0 aliphatic carbocycles. The molecule has 0 atom stereocenters. The Kier molecular flexibility index (Phi) is 2.93. The molecule has 3 aromatic rings. The van der Waals surface area contributed by atoms with E-state index in [1.165, 1.54) is 11.3 Å². The van der Waals surface area contributed by atoms with Crippen molar-refractivity contribution in [1.29, 1.82) is 0 Å². The molecule has 0 aliphatic heterocycles. The van der Waals surface area contributed by atoms with Crippen molar-refractivity contribution in [2.24, 2.45) is 0 Å². The number of carbonyl (C=O) groups is 1. The van der Waals surface area contributed by atoms with Crippen LogP contribution < -0.4 is 0 Å². The molecular formula is C13H7BrN2OS. The van der Waals surface area contributed by atoms with Crippen LogP contribution in [0, 0.1) is 0 Å². The van der Waals surface area contributed by atoms with Crippen molar-refractivity contribution in [1.82, 2.24) is 9.97 Å². The van der Waals surface area contributed by atoms with Crippen molar-refractivity contribution in [3.8, 4) is 10.6 Å². The topological polar surface area (TPSA) is 42.9 Å². The second-order valence-corrected chi connectivity index (χ2v) is 5.73. The summed E-state index contributed by atoms with van der Waals surface area (Å²) in [6.45, 7) is 0. The minimum absolute atomic E-state index is 0.701. The third-order valence-electron chi connectivity index (χ3n) is 2.57. The Hall–Kier alpha value is -1.59. The molecule has 3 rings (SSSR count). The zero-order valence-corrected chi connectivity index (χ0v) is 11.5. The third kappa shape index (κ3) is 1.95. The Balaban J connectivity index is 2.27. The summed E-state index contributed by atoms with van der Waals surface area (Å²) in [5, 5.41) is 0.978. The molecule has 0 spiro atoms. The number of halogens is 1. The van der Waals surface area contributed by atoms with E-state index in [0.29, 0.717) is 4.88 Å². The summed E-state index contributed by atoms with van der Waals surface area (Å²) in [6, 6.07) is 9.60. The van der Waals surface area contributed by atoms with Gasteiger partial charge in [0.05, 0.1) is 21.0 Å². The third-order valence-corrected chi connectivity index (χ3v) is 4.08. The van der Waals surface area contributed by atoms with E-state index in [0.717, 1.165) is 32.2 Å². The molecule has 0 aliphatic rings. The van der Waals surface area contributed by atoms with Gasteiger partial charge in [-0.05, 0) is 30.3 Å². The molecule has 0 fully saturated rings. The minimum Gasteiger partial charge on any atom is -0.297 e. The van der Waals surface area contributed by atoms with E-state index in [9.17, 15) is 4.79 Å².